The lowest BCUT2D eigenvalue weighted by molar-refractivity contribution is -0.134. The Kier molecular flexibility index (Phi) is 9.64. The molecule has 3 aromatic rings. The number of urea groups is 1. The molecule has 1 aliphatic rings. The minimum absolute atomic E-state index is 0.0243. The summed E-state index contributed by atoms with van der Waals surface area (Å²) in [7, 11) is -2.25. The van der Waals surface area contributed by atoms with Crippen LogP contribution in [0.15, 0.2) is 64.2 Å². The van der Waals surface area contributed by atoms with E-state index in [0.717, 1.165) is 11.3 Å². The first-order chi connectivity index (χ1) is 19.5. The minimum atomic E-state index is -3.74. The number of ether oxygens (including phenoxy) is 1. The van der Waals surface area contributed by atoms with E-state index in [2.05, 4.69) is 10.6 Å². The largest absolute Gasteiger partial charge is 0.488 e. The van der Waals surface area contributed by atoms with Crippen molar-refractivity contribution >= 4 is 44.7 Å². The van der Waals surface area contributed by atoms with Crippen molar-refractivity contribution in [1.29, 1.82) is 0 Å². The molecule has 0 saturated heterocycles. The monoisotopic (exact) mass is 604 g/mol. The van der Waals surface area contributed by atoms with E-state index in [4.69, 9.17) is 4.74 Å². The predicted octanol–water partition coefficient (Wildman–Crippen LogP) is 4.00. The first-order valence-corrected chi connectivity index (χ1v) is 15.3. The third-order valence-corrected chi connectivity index (χ3v) is 10.1. The molecule has 2 aromatic carbocycles. The highest BCUT2D eigenvalue weighted by Gasteiger charge is 2.33. The molecule has 3 atom stereocenters. The zero-order chi connectivity index (χ0) is 29.7. The van der Waals surface area contributed by atoms with Crippen LogP contribution in [-0.4, -0.2) is 73.6 Å². The number of amides is 3. The number of benzene rings is 2. The smallest absolute Gasteiger partial charge is 0.323 e. The summed E-state index contributed by atoms with van der Waals surface area (Å²) in [5, 5.41) is 16.9. The third kappa shape index (κ3) is 7.41. The molecule has 0 spiro atoms. The number of thiophene rings is 1. The fraction of sp³-hybridized carbons (Fsp3) is 0.357. The van der Waals surface area contributed by atoms with Crippen LogP contribution in [0.4, 0.5) is 20.6 Å². The van der Waals surface area contributed by atoms with E-state index in [-0.39, 0.29) is 42.2 Å². The zero-order valence-corrected chi connectivity index (χ0v) is 24.5. The average Bonchev–Trinajstić information content (AvgIpc) is 3.49. The molecule has 0 fully saturated rings. The van der Waals surface area contributed by atoms with Crippen molar-refractivity contribution in [1.82, 2.24) is 9.21 Å². The molecule has 1 aromatic heterocycles. The number of hydrogen-bond donors (Lipinski definition) is 3. The maximum atomic E-state index is 13.4. The number of hydrogen-bond acceptors (Lipinski definition) is 7. The quantitative estimate of drug-likeness (QED) is 0.357. The standard InChI is InChI=1S/C28H33FN4O6S2/c1-18-15-33(19(2)17-34)26(35)14-20-13-23(31-28(36)30-22-8-6-21(29)7-9-22)10-11-24(20)39-25(18)16-32(3)41(37,38)27-5-4-12-40-27/h4-13,18-19,25,34H,14-17H2,1-3H3,(H2,30,31,36)/t18-,19-,25+/m0/s1. The highest BCUT2D eigenvalue weighted by Crippen LogP contribution is 2.30. The van der Waals surface area contributed by atoms with E-state index >= 15 is 0 Å². The molecule has 0 unspecified atom stereocenters. The van der Waals surface area contributed by atoms with Crippen LogP contribution in [0.1, 0.15) is 19.4 Å². The Balaban J connectivity index is 1.60. The Morgan fingerprint density at radius 2 is 1.88 bits per heavy atom. The van der Waals surface area contributed by atoms with Crippen molar-refractivity contribution in [2.75, 3.05) is 37.4 Å². The Hall–Kier alpha value is -3.52. The van der Waals surface area contributed by atoms with Crippen LogP contribution >= 0.6 is 11.3 Å². The predicted molar refractivity (Wildman–Crippen MR) is 155 cm³/mol. The number of nitrogens with one attached hydrogen (secondary N) is 2. The van der Waals surface area contributed by atoms with Gasteiger partial charge in [-0.3, -0.25) is 4.79 Å². The van der Waals surface area contributed by atoms with Gasteiger partial charge < -0.3 is 25.4 Å². The van der Waals surface area contributed by atoms with Gasteiger partial charge in [-0.15, -0.1) is 11.3 Å². The van der Waals surface area contributed by atoms with Crippen LogP contribution in [0.2, 0.25) is 0 Å². The maximum Gasteiger partial charge on any atom is 0.323 e. The molecular formula is C28H33FN4O6S2. The Labute approximate surface area is 242 Å². The van der Waals surface area contributed by atoms with Gasteiger partial charge in [0.2, 0.25) is 5.91 Å². The van der Waals surface area contributed by atoms with E-state index < -0.39 is 34.0 Å². The van der Waals surface area contributed by atoms with Gasteiger partial charge in [-0.1, -0.05) is 13.0 Å². The van der Waals surface area contributed by atoms with Crippen molar-refractivity contribution in [3.05, 3.63) is 71.4 Å². The number of likely N-dealkylation sites (N-methyl/N-ethyl adjacent to an activating group) is 1. The fourth-order valence-corrected chi connectivity index (χ4v) is 6.85. The lowest BCUT2D eigenvalue weighted by atomic mass is 10.0. The minimum Gasteiger partial charge on any atom is -0.488 e. The molecule has 3 amide bonds. The van der Waals surface area contributed by atoms with Crippen LogP contribution in [0.3, 0.4) is 0 Å². The molecule has 10 nitrogen and oxygen atoms in total. The van der Waals surface area contributed by atoms with Crippen molar-refractivity contribution in [3.8, 4) is 5.75 Å². The molecule has 41 heavy (non-hydrogen) atoms. The normalized spacial score (nSPS) is 18.5. The highest BCUT2D eigenvalue weighted by molar-refractivity contribution is 7.91. The molecule has 0 radical (unpaired) electrons. The fourth-order valence-electron chi connectivity index (χ4n) is 4.47. The maximum absolute atomic E-state index is 13.4. The van der Waals surface area contributed by atoms with Gasteiger partial charge in [0.15, 0.2) is 0 Å². The second-order valence-electron chi connectivity index (χ2n) is 10.0. The second kappa shape index (κ2) is 13.0. The highest BCUT2D eigenvalue weighted by atomic mass is 32.2. The van der Waals surface area contributed by atoms with Gasteiger partial charge in [0, 0.05) is 36.4 Å². The van der Waals surface area contributed by atoms with Crippen molar-refractivity contribution < 1.29 is 32.2 Å². The molecule has 0 saturated carbocycles. The summed E-state index contributed by atoms with van der Waals surface area (Å²) in [6.07, 6.45) is -0.689. The summed E-state index contributed by atoms with van der Waals surface area (Å²) in [6.45, 7) is 3.65. The molecular weight excluding hydrogens is 571 g/mol. The van der Waals surface area contributed by atoms with Crippen LogP contribution in [0.25, 0.3) is 0 Å². The number of halogens is 1. The van der Waals surface area contributed by atoms with Crippen LogP contribution in [0.5, 0.6) is 5.75 Å². The zero-order valence-electron chi connectivity index (χ0n) is 22.9. The van der Waals surface area contributed by atoms with Gasteiger partial charge >= 0.3 is 6.03 Å². The molecule has 1 aliphatic heterocycles. The summed E-state index contributed by atoms with van der Waals surface area (Å²) in [5.74, 6) is -0.568. The molecule has 220 valence electrons. The molecule has 3 N–H and O–H groups in total. The van der Waals surface area contributed by atoms with Gasteiger partial charge in [-0.2, -0.15) is 4.31 Å². The summed E-state index contributed by atoms with van der Waals surface area (Å²) in [4.78, 5) is 27.5. The summed E-state index contributed by atoms with van der Waals surface area (Å²) in [6, 6.07) is 12.4. The summed E-state index contributed by atoms with van der Waals surface area (Å²) < 4.78 is 47.3. The number of carbonyl (C=O) groups is 2. The van der Waals surface area contributed by atoms with Gasteiger partial charge in [0.1, 0.15) is 21.9 Å². The Morgan fingerprint density at radius 1 is 1.20 bits per heavy atom. The van der Waals surface area contributed by atoms with E-state index in [1.807, 2.05) is 6.92 Å². The van der Waals surface area contributed by atoms with E-state index in [9.17, 15) is 27.5 Å². The van der Waals surface area contributed by atoms with Crippen molar-refractivity contribution in [2.24, 2.45) is 5.92 Å². The van der Waals surface area contributed by atoms with Gasteiger partial charge in [0.25, 0.3) is 10.0 Å². The molecule has 13 heteroatoms. The topological polar surface area (TPSA) is 128 Å². The number of sulfonamides is 1. The molecule has 0 bridgehead atoms. The van der Waals surface area contributed by atoms with Gasteiger partial charge in [-0.25, -0.2) is 17.6 Å². The molecule has 4 rings (SSSR count). The second-order valence-corrected chi connectivity index (χ2v) is 13.2. The third-order valence-electron chi connectivity index (χ3n) is 6.87. The van der Waals surface area contributed by atoms with Crippen LogP contribution in [0, 0.1) is 11.7 Å². The Morgan fingerprint density at radius 3 is 2.54 bits per heavy atom. The van der Waals surface area contributed by atoms with E-state index in [0.29, 0.717) is 22.7 Å². The number of anilines is 2. The SMILES string of the molecule is C[C@H]1CN([C@@H](C)CO)C(=O)Cc2cc(NC(=O)Nc3ccc(F)cc3)ccc2O[C@@H]1CN(C)S(=O)(=O)c1cccs1. The number of aliphatic hydroxyl groups excluding tert-OH is 1. The van der Waals surface area contributed by atoms with E-state index in [1.54, 1.807) is 47.5 Å². The van der Waals surface area contributed by atoms with Crippen molar-refractivity contribution in [2.45, 2.75) is 36.6 Å². The lowest BCUT2D eigenvalue weighted by Gasteiger charge is -2.33. The van der Waals surface area contributed by atoms with E-state index in [1.165, 1.54) is 35.6 Å². The number of nitrogens with zero attached hydrogens (tertiary/aromatic N) is 2. The first kappa shape index (κ1) is 30.4. The summed E-state index contributed by atoms with van der Waals surface area (Å²) in [5.41, 5.74) is 1.28. The van der Waals surface area contributed by atoms with Gasteiger partial charge in [-0.05, 0) is 60.8 Å². The lowest BCUT2D eigenvalue weighted by Crippen LogP contribution is -2.48. The Bertz CT molecular complexity index is 1470. The number of aliphatic hydroxyl groups is 1. The van der Waals surface area contributed by atoms with Gasteiger partial charge in [0.05, 0.1) is 25.6 Å². The molecule has 0 aliphatic carbocycles. The first-order valence-electron chi connectivity index (χ1n) is 13.0. The number of rotatable bonds is 8. The number of carbonyl (C=O) groups excluding carboxylic acids is 2. The number of fused-ring (bicyclic) bond motifs is 1. The summed E-state index contributed by atoms with van der Waals surface area (Å²) >= 11 is 1.13. The average molecular weight is 605 g/mol. The van der Waals surface area contributed by atoms with Crippen LogP contribution in [-0.2, 0) is 21.2 Å². The van der Waals surface area contributed by atoms with Crippen LogP contribution < -0.4 is 15.4 Å². The van der Waals surface area contributed by atoms with Crippen molar-refractivity contribution in [3.63, 3.8) is 0 Å². The molecule has 2 heterocycles.